The van der Waals surface area contributed by atoms with Gasteiger partial charge in [-0.3, -0.25) is 4.79 Å². The topological polar surface area (TPSA) is 92.8 Å². The molecule has 0 saturated heterocycles. The highest BCUT2D eigenvalue weighted by Crippen LogP contribution is 2.25. The van der Waals surface area contributed by atoms with Crippen molar-refractivity contribution < 1.29 is 21.1 Å². The number of esters is 1. The Hall–Kier alpha value is -1.75. The van der Waals surface area contributed by atoms with Gasteiger partial charge < -0.3 is 20.7 Å². The molecule has 0 aliphatic rings. The molecule has 0 aliphatic heterocycles. The van der Waals surface area contributed by atoms with Gasteiger partial charge in [-0.25, -0.2) is 0 Å². The summed E-state index contributed by atoms with van der Waals surface area (Å²) < 4.78 is 12.3. The first-order valence-corrected chi connectivity index (χ1v) is 4.84. The molecule has 4 N–H and O–H groups in total. The van der Waals surface area contributed by atoms with Gasteiger partial charge in [-0.2, -0.15) is 0 Å². The van der Waals surface area contributed by atoms with E-state index in [1.165, 1.54) is 18.2 Å². The first kappa shape index (κ1) is 10.8. The quantitative estimate of drug-likeness (QED) is 0.514. The Balaban J connectivity index is 2.82. The third-order valence-corrected chi connectivity index (χ3v) is 1.97. The normalized spacial score (nSPS) is 15.0. The molecule has 88 valence electrons. The van der Waals surface area contributed by atoms with Crippen molar-refractivity contribution in [2.24, 2.45) is 5.73 Å². The number of hydrogen-bond donors (Lipinski definition) is 3. The van der Waals surface area contributed by atoms with Crippen LogP contribution in [-0.4, -0.2) is 28.8 Å². The molecule has 1 atom stereocenters. The molecule has 16 heavy (non-hydrogen) atoms. The van der Waals surface area contributed by atoms with Crippen LogP contribution in [0.5, 0.6) is 11.5 Å². The molecule has 0 radical (unpaired) electrons. The second kappa shape index (κ2) is 5.37. The third-order valence-electron chi connectivity index (χ3n) is 1.97. The van der Waals surface area contributed by atoms with Crippen molar-refractivity contribution in [3.63, 3.8) is 0 Å². The van der Waals surface area contributed by atoms with Crippen molar-refractivity contribution in [1.82, 2.24) is 0 Å². The molecule has 0 amide bonds. The number of benzene rings is 1. The number of nitrogens with two attached hydrogens (primary N) is 1. The molecule has 0 aliphatic carbocycles. The van der Waals surface area contributed by atoms with Gasteiger partial charge in [0, 0.05) is 0 Å². The standard InChI is InChI=1S/C11H15NO4/c1-2-16-11(15)8(12)5-7-3-4-9(13)10(14)6-7/h3-4,6,8,13-14H,2,5,12H2,1H3/i8D. The average Bonchev–Trinajstić information content (AvgIpc) is 2.23. The van der Waals surface area contributed by atoms with E-state index in [0.717, 1.165) is 0 Å². The van der Waals surface area contributed by atoms with E-state index in [2.05, 4.69) is 4.74 Å². The Morgan fingerprint density at radius 1 is 1.56 bits per heavy atom. The van der Waals surface area contributed by atoms with Crippen LogP contribution in [0.4, 0.5) is 0 Å². The average molecular weight is 226 g/mol. The smallest absolute Gasteiger partial charge is 0.323 e. The maximum Gasteiger partial charge on any atom is 0.323 e. The number of rotatable bonds is 4. The van der Waals surface area contributed by atoms with Crippen LogP contribution in [0.1, 0.15) is 13.9 Å². The molecule has 5 heteroatoms. The lowest BCUT2D eigenvalue weighted by Crippen LogP contribution is -2.34. The maximum absolute atomic E-state index is 11.4. The summed E-state index contributed by atoms with van der Waals surface area (Å²) in [5, 5.41) is 18.4. The molecular formula is C11H15NO4. The summed E-state index contributed by atoms with van der Waals surface area (Å²) in [6.07, 6.45) is -0.111. The fourth-order valence-corrected chi connectivity index (χ4v) is 1.19. The molecule has 0 bridgehead atoms. The van der Waals surface area contributed by atoms with Crippen LogP contribution in [0.15, 0.2) is 18.2 Å². The van der Waals surface area contributed by atoms with Crippen molar-refractivity contribution in [1.29, 1.82) is 0 Å². The molecule has 0 saturated carbocycles. The second-order valence-corrected chi connectivity index (χ2v) is 3.25. The van der Waals surface area contributed by atoms with Gasteiger partial charge in [0.2, 0.25) is 0 Å². The van der Waals surface area contributed by atoms with Crippen molar-refractivity contribution in [3.05, 3.63) is 23.8 Å². The molecule has 0 aromatic heterocycles. The Bertz CT molecular complexity index is 420. The summed E-state index contributed by atoms with van der Waals surface area (Å²) in [6.45, 7) is 1.78. The highest BCUT2D eigenvalue weighted by molar-refractivity contribution is 5.75. The minimum Gasteiger partial charge on any atom is -0.504 e. The maximum atomic E-state index is 11.4. The van der Waals surface area contributed by atoms with E-state index in [0.29, 0.717) is 5.56 Å². The van der Waals surface area contributed by atoms with E-state index in [4.69, 9.17) is 12.2 Å². The SMILES string of the molecule is [2H]C(N)(Cc1ccc(O)c(O)c1)C(=O)OCC. The predicted octanol–water partition coefficient (Wildman–Crippen LogP) is 0.531. The number of phenolic OH excluding ortho intramolecular Hbond substituents is 2. The van der Waals surface area contributed by atoms with Gasteiger partial charge in [0.05, 0.1) is 7.98 Å². The monoisotopic (exact) mass is 226 g/mol. The van der Waals surface area contributed by atoms with Crippen LogP contribution in [0.25, 0.3) is 0 Å². The molecule has 1 aromatic rings. The highest BCUT2D eigenvalue weighted by atomic mass is 16.5. The van der Waals surface area contributed by atoms with E-state index in [1.54, 1.807) is 6.92 Å². The van der Waals surface area contributed by atoms with Crippen molar-refractivity contribution in [2.75, 3.05) is 6.61 Å². The summed E-state index contributed by atoms with van der Waals surface area (Å²) in [5.41, 5.74) is 5.98. The largest absolute Gasteiger partial charge is 0.504 e. The van der Waals surface area contributed by atoms with Gasteiger partial charge in [-0.05, 0) is 31.0 Å². The van der Waals surface area contributed by atoms with Crippen LogP contribution in [-0.2, 0) is 16.0 Å². The van der Waals surface area contributed by atoms with Crippen LogP contribution in [0, 0.1) is 0 Å². The summed E-state index contributed by atoms with van der Waals surface area (Å²) in [7, 11) is 0. The zero-order valence-electron chi connectivity index (χ0n) is 9.93. The molecule has 1 aromatic carbocycles. The van der Waals surface area contributed by atoms with Crippen molar-refractivity contribution >= 4 is 5.97 Å². The summed E-state index contributed by atoms with van der Waals surface area (Å²) in [4.78, 5) is 11.4. The number of aromatic hydroxyl groups is 2. The van der Waals surface area contributed by atoms with Gasteiger partial charge in [0.25, 0.3) is 0 Å². The zero-order valence-corrected chi connectivity index (χ0v) is 8.93. The van der Waals surface area contributed by atoms with E-state index < -0.39 is 12.0 Å². The lowest BCUT2D eigenvalue weighted by molar-refractivity contribution is -0.144. The zero-order chi connectivity index (χ0) is 13.1. The molecule has 0 spiro atoms. The first-order chi connectivity index (χ1) is 7.86. The Kier molecular flexibility index (Phi) is 3.61. The van der Waals surface area contributed by atoms with Crippen LogP contribution in [0.2, 0.25) is 0 Å². The van der Waals surface area contributed by atoms with Crippen LogP contribution >= 0.6 is 0 Å². The number of phenols is 2. The van der Waals surface area contributed by atoms with E-state index in [-0.39, 0.29) is 24.5 Å². The van der Waals surface area contributed by atoms with Gasteiger partial charge in [0.15, 0.2) is 11.5 Å². The van der Waals surface area contributed by atoms with Gasteiger partial charge >= 0.3 is 5.97 Å². The Labute approximate surface area is 94.9 Å². The molecule has 0 heterocycles. The van der Waals surface area contributed by atoms with Crippen molar-refractivity contribution in [2.45, 2.75) is 19.4 Å². The second-order valence-electron chi connectivity index (χ2n) is 3.25. The molecule has 1 rings (SSSR count). The third kappa shape index (κ3) is 3.13. The van der Waals surface area contributed by atoms with E-state index in [9.17, 15) is 9.90 Å². The minimum absolute atomic E-state index is 0.111. The van der Waals surface area contributed by atoms with Gasteiger partial charge in [-0.15, -0.1) is 0 Å². The predicted molar refractivity (Wildman–Crippen MR) is 58.1 cm³/mol. The number of carbonyl (C=O) groups excluding carboxylic acids is 1. The first-order valence-electron chi connectivity index (χ1n) is 5.34. The molecule has 1 unspecified atom stereocenters. The summed E-state index contributed by atoms with van der Waals surface area (Å²) >= 11 is 0. The molecule has 5 nitrogen and oxygen atoms in total. The Morgan fingerprint density at radius 3 is 2.81 bits per heavy atom. The summed E-state index contributed by atoms with van der Waals surface area (Å²) in [5.74, 6) is -1.41. The van der Waals surface area contributed by atoms with Gasteiger partial charge in [0.1, 0.15) is 6.02 Å². The fourth-order valence-electron chi connectivity index (χ4n) is 1.19. The van der Waals surface area contributed by atoms with Gasteiger partial charge in [-0.1, -0.05) is 6.07 Å². The van der Waals surface area contributed by atoms with E-state index >= 15 is 0 Å². The Morgan fingerprint density at radius 2 is 2.25 bits per heavy atom. The number of ether oxygens (including phenoxy) is 1. The number of carbonyl (C=O) groups is 1. The minimum atomic E-state index is -1.90. The highest BCUT2D eigenvalue weighted by Gasteiger charge is 2.15. The lowest BCUT2D eigenvalue weighted by atomic mass is 10.1. The van der Waals surface area contributed by atoms with Crippen LogP contribution < -0.4 is 5.73 Å². The summed E-state index contributed by atoms with van der Waals surface area (Å²) in [6, 6.07) is 2.10. The van der Waals surface area contributed by atoms with E-state index in [1.807, 2.05) is 0 Å². The van der Waals surface area contributed by atoms with Crippen molar-refractivity contribution in [3.8, 4) is 11.5 Å². The molecular weight excluding hydrogens is 210 g/mol. The van der Waals surface area contributed by atoms with Crippen LogP contribution in [0.3, 0.4) is 0 Å². The number of hydrogen-bond acceptors (Lipinski definition) is 5. The lowest BCUT2D eigenvalue weighted by Gasteiger charge is -2.10. The fraction of sp³-hybridized carbons (Fsp3) is 0.364. The molecule has 0 fully saturated rings.